The van der Waals surface area contributed by atoms with E-state index in [1.807, 2.05) is 13.8 Å². The third kappa shape index (κ3) is 6.25. The molecule has 1 unspecified atom stereocenters. The molecule has 1 saturated heterocycles. The Labute approximate surface area is 195 Å². The van der Waals surface area contributed by atoms with E-state index in [9.17, 15) is 18.0 Å². The summed E-state index contributed by atoms with van der Waals surface area (Å²) in [5, 5.41) is 3.01. The van der Waals surface area contributed by atoms with Crippen molar-refractivity contribution in [2.24, 2.45) is 5.92 Å². The Bertz CT molecular complexity index is 1060. The summed E-state index contributed by atoms with van der Waals surface area (Å²) in [6, 6.07) is 12.6. The molecular formula is C24H31N3O5S. The second kappa shape index (κ2) is 10.7. The van der Waals surface area contributed by atoms with Crippen molar-refractivity contribution in [2.75, 3.05) is 24.9 Å². The Morgan fingerprint density at radius 1 is 1.06 bits per heavy atom. The molecule has 8 nitrogen and oxygen atoms in total. The van der Waals surface area contributed by atoms with E-state index in [-0.39, 0.29) is 28.7 Å². The zero-order valence-corrected chi connectivity index (χ0v) is 20.0. The predicted octanol–water partition coefficient (Wildman–Crippen LogP) is 3.26. The van der Waals surface area contributed by atoms with Crippen molar-refractivity contribution in [1.29, 1.82) is 0 Å². The Morgan fingerprint density at radius 2 is 1.67 bits per heavy atom. The lowest BCUT2D eigenvalue weighted by Crippen LogP contribution is -2.44. The van der Waals surface area contributed by atoms with Gasteiger partial charge in [-0.25, -0.2) is 8.42 Å². The van der Waals surface area contributed by atoms with Crippen molar-refractivity contribution < 1.29 is 22.7 Å². The molecular weight excluding hydrogens is 442 g/mol. The maximum absolute atomic E-state index is 12.9. The monoisotopic (exact) mass is 473 g/mol. The number of nitrogens with one attached hydrogen (secondary N) is 2. The molecule has 33 heavy (non-hydrogen) atoms. The van der Waals surface area contributed by atoms with Crippen LogP contribution in [-0.2, 0) is 14.8 Å². The van der Waals surface area contributed by atoms with Crippen molar-refractivity contribution in [3.8, 4) is 5.75 Å². The number of carbonyl (C=O) groups is 2. The van der Waals surface area contributed by atoms with E-state index in [4.69, 9.17) is 4.74 Å². The minimum absolute atomic E-state index is 0.0601. The third-order valence-corrected chi connectivity index (χ3v) is 7.30. The van der Waals surface area contributed by atoms with Gasteiger partial charge in [-0.3, -0.25) is 14.3 Å². The topological polar surface area (TPSA) is 105 Å². The smallest absolute Gasteiger partial charge is 0.261 e. The van der Waals surface area contributed by atoms with Crippen molar-refractivity contribution in [3.63, 3.8) is 0 Å². The molecule has 1 aliphatic heterocycles. The summed E-state index contributed by atoms with van der Waals surface area (Å²) >= 11 is 0. The number of rotatable bonds is 8. The third-order valence-electron chi connectivity index (χ3n) is 5.91. The van der Waals surface area contributed by atoms with E-state index in [1.54, 1.807) is 41.3 Å². The molecule has 2 aromatic rings. The number of anilines is 1. The van der Waals surface area contributed by atoms with Crippen LogP contribution < -0.4 is 14.8 Å². The highest BCUT2D eigenvalue weighted by molar-refractivity contribution is 7.92. The molecule has 2 amide bonds. The van der Waals surface area contributed by atoms with Gasteiger partial charge in [-0.2, -0.15) is 0 Å². The molecule has 1 heterocycles. The number of sulfonamides is 1. The fraction of sp³-hybridized carbons (Fsp3) is 0.417. The van der Waals surface area contributed by atoms with E-state index in [0.717, 1.165) is 6.42 Å². The molecule has 2 N–H and O–H groups in total. The van der Waals surface area contributed by atoms with E-state index in [2.05, 4.69) is 10.0 Å². The number of hydrogen-bond donors (Lipinski definition) is 2. The van der Waals surface area contributed by atoms with E-state index in [0.29, 0.717) is 42.9 Å². The van der Waals surface area contributed by atoms with Crippen molar-refractivity contribution in [3.05, 3.63) is 54.1 Å². The first-order chi connectivity index (χ1) is 15.7. The number of hydrogen-bond acceptors (Lipinski definition) is 5. The van der Waals surface area contributed by atoms with Crippen LogP contribution >= 0.6 is 0 Å². The summed E-state index contributed by atoms with van der Waals surface area (Å²) in [7, 11) is -2.24. The molecule has 9 heteroatoms. The van der Waals surface area contributed by atoms with E-state index >= 15 is 0 Å². The normalized spacial score (nSPS) is 15.5. The van der Waals surface area contributed by atoms with Gasteiger partial charge in [0.2, 0.25) is 5.91 Å². The molecule has 0 spiro atoms. The second-order valence-electron chi connectivity index (χ2n) is 8.24. The number of carbonyl (C=O) groups excluding carboxylic acids is 2. The quantitative estimate of drug-likeness (QED) is 0.612. The minimum atomic E-state index is -3.76. The lowest BCUT2D eigenvalue weighted by atomic mass is 9.95. The number of benzene rings is 2. The van der Waals surface area contributed by atoms with E-state index < -0.39 is 10.0 Å². The standard InChI is InChI=1S/C24H31N3O5S/c1-4-17(2)25-23(28)18-13-15-27(16-14-18)24(29)19-5-7-20(8-6-19)26-33(30,31)22-11-9-21(32-3)10-12-22/h5-12,17-18,26H,4,13-16H2,1-3H3,(H,25,28). The van der Waals surface area contributed by atoms with Crippen LogP contribution in [0.5, 0.6) is 5.75 Å². The van der Waals surface area contributed by atoms with Crippen LogP contribution in [-0.4, -0.2) is 51.4 Å². The van der Waals surface area contributed by atoms with Crippen LogP contribution in [0.15, 0.2) is 53.4 Å². The number of methoxy groups -OCH3 is 1. The number of ether oxygens (including phenoxy) is 1. The van der Waals surface area contributed by atoms with Gasteiger partial charge in [0.1, 0.15) is 5.75 Å². The van der Waals surface area contributed by atoms with Gasteiger partial charge in [-0.15, -0.1) is 0 Å². The van der Waals surface area contributed by atoms with E-state index in [1.165, 1.54) is 19.2 Å². The molecule has 1 aliphatic rings. The lowest BCUT2D eigenvalue weighted by molar-refractivity contribution is -0.126. The summed E-state index contributed by atoms with van der Waals surface area (Å²) in [6.07, 6.45) is 2.15. The fourth-order valence-electron chi connectivity index (χ4n) is 3.64. The highest BCUT2D eigenvalue weighted by Gasteiger charge is 2.28. The van der Waals surface area contributed by atoms with Gasteiger partial charge in [-0.1, -0.05) is 6.92 Å². The van der Waals surface area contributed by atoms with Gasteiger partial charge in [0.15, 0.2) is 0 Å². The summed E-state index contributed by atoms with van der Waals surface area (Å²) in [5.74, 6) is 0.431. The molecule has 3 rings (SSSR count). The fourth-order valence-corrected chi connectivity index (χ4v) is 4.70. The molecule has 1 fully saturated rings. The number of nitrogens with zero attached hydrogens (tertiary/aromatic N) is 1. The molecule has 0 aliphatic carbocycles. The minimum Gasteiger partial charge on any atom is -0.497 e. The predicted molar refractivity (Wildman–Crippen MR) is 127 cm³/mol. The number of amides is 2. The van der Waals surface area contributed by atoms with Gasteiger partial charge < -0.3 is 15.0 Å². The van der Waals surface area contributed by atoms with Crippen molar-refractivity contribution in [2.45, 2.75) is 44.0 Å². The summed E-state index contributed by atoms with van der Waals surface area (Å²) < 4.78 is 32.7. The Balaban J connectivity index is 1.57. The maximum atomic E-state index is 12.9. The first-order valence-electron chi connectivity index (χ1n) is 11.1. The average Bonchev–Trinajstić information content (AvgIpc) is 2.83. The van der Waals surface area contributed by atoms with Crippen molar-refractivity contribution in [1.82, 2.24) is 10.2 Å². The molecule has 0 bridgehead atoms. The summed E-state index contributed by atoms with van der Waals surface area (Å²) in [5.41, 5.74) is 0.840. The molecule has 2 aromatic carbocycles. The first kappa shape index (κ1) is 24.6. The van der Waals surface area contributed by atoms with Gasteiger partial charge in [0.05, 0.1) is 12.0 Å². The zero-order chi connectivity index (χ0) is 24.0. The molecule has 0 aromatic heterocycles. The van der Waals surface area contributed by atoms with Crippen LogP contribution in [0.3, 0.4) is 0 Å². The van der Waals surface area contributed by atoms with Crippen LogP contribution in [0.1, 0.15) is 43.5 Å². The van der Waals surface area contributed by atoms with Crippen molar-refractivity contribution >= 4 is 27.5 Å². The SMILES string of the molecule is CCC(C)NC(=O)C1CCN(C(=O)c2ccc(NS(=O)(=O)c3ccc(OC)cc3)cc2)CC1. The second-order valence-corrected chi connectivity index (χ2v) is 9.93. The molecule has 0 saturated carbocycles. The maximum Gasteiger partial charge on any atom is 0.261 e. The summed E-state index contributed by atoms with van der Waals surface area (Å²) in [4.78, 5) is 27.0. The van der Waals surface area contributed by atoms with Gasteiger partial charge in [-0.05, 0) is 74.7 Å². The summed E-state index contributed by atoms with van der Waals surface area (Å²) in [6.45, 7) is 5.05. The Hall–Kier alpha value is -3.07. The Kier molecular flexibility index (Phi) is 7.97. The van der Waals surface area contributed by atoms with Crippen LogP contribution in [0.25, 0.3) is 0 Å². The van der Waals surface area contributed by atoms with Crippen LogP contribution in [0.4, 0.5) is 5.69 Å². The molecule has 178 valence electrons. The largest absolute Gasteiger partial charge is 0.497 e. The van der Waals surface area contributed by atoms with Crippen LogP contribution in [0, 0.1) is 5.92 Å². The van der Waals surface area contributed by atoms with Gasteiger partial charge in [0, 0.05) is 36.3 Å². The molecule has 1 atom stereocenters. The zero-order valence-electron chi connectivity index (χ0n) is 19.2. The average molecular weight is 474 g/mol. The lowest BCUT2D eigenvalue weighted by Gasteiger charge is -2.32. The highest BCUT2D eigenvalue weighted by Crippen LogP contribution is 2.22. The highest BCUT2D eigenvalue weighted by atomic mass is 32.2. The van der Waals surface area contributed by atoms with Crippen LogP contribution in [0.2, 0.25) is 0 Å². The Morgan fingerprint density at radius 3 is 2.21 bits per heavy atom. The van der Waals surface area contributed by atoms with Gasteiger partial charge >= 0.3 is 0 Å². The number of piperidine rings is 1. The first-order valence-corrected chi connectivity index (χ1v) is 12.6. The molecule has 0 radical (unpaired) electrons. The number of likely N-dealkylation sites (tertiary alicyclic amines) is 1. The van der Waals surface area contributed by atoms with Gasteiger partial charge in [0.25, 0.3) is 15.9 Å².